The smallest absolute Gasteiger partial charge is 0.252 e. The monoisotopic (exact) mass is 241 g/mol. The Morgan fingerprint density at radius 3 is 2.62 bits per heavy atom. The fraction of sp³-hybridized carbons (Fsp3) is 0.417. The van der Waals surface area contributed by atoms with Crippen LogP contribution in [0.1, 0.15) is 29.8 Å². The second-order valence-corrected chi connectivity index (χ2v) is 4.74. The van der Waals surface area contributed by atoms with Crippen LogP contribution in [0.3, 0.4) is 0 Å². The lowest BCUT2D eigenvalue weighted by atomic mass is 10.0. The minimum absolute atomic E-state index is 0.158. The summed E-state index contributed by atoms with van der Waals surface area (Å²) >= 11 is 5.74. The highest BCUT2D eigenvalue weighted by atomic mass is 35.5. The number of amides is 1. The molecule has 1 amide bonds. The van der Waals surface area contributed by atoms with Crippen molar-refractivity contribution in [3.63, 3.8) is 0 Å². The number of hydrogen-bond acceptors (Lipinski definition) is 2. The van der Waals surface area contributed by atoms with Crippen molar-refractivity contribution in [3.8, 4) is 5.75 Å². The number of alkyl halides is 1. The van der Waals surface area contributed by atoms with Gasteiger partial charge in [0.15, 0.2) is 0 Å². The highest BCUT2D eigenvalue weighted by Crippen LogP contribution is 2.16. The van der Waals surface area contributed by atoms with Crippen LogP contribution in [0.5, 0.6) is 5.75 Å². The summed E-state index contributed by atoms with van der Waals surface area (Å²) < 4.78 is 0. The van der Waals surface area contributed by atoms with Crippen molar-refractivity contribution < 1.29 is 9.90 Å². The number of aromatic hydroxyl groups is 1. The van der Waals surface area contributed by atoms with Gasteiger partial charge in [-0.2, -0.15) is 0 Å². The zero-order chi connectivity index (χ0) is 12.3. The van der Waals surface area contributed by atoms with Gasteiger partial charge in [0.1, 0.15) is 5.75 Å². The Hall–Kier alpha value is -1.22. The molecule has 1 aromatic rings. The maximum absolute atomic E-state index is 11.9. The van der Waals surface area contributed by atoms with E-state index in [0.29, 0.717) is 11.4 Å². The molecule has 16 heavy (non-hydrogen) atoms. The van der Waals surface area contributed by atoms with Gasteiger partial charge in [-0.15, -0.1) is 11.6 Å². The second kappa shape index (κ2) is 4.74. The van der Waals surface area contributed by atoms with Crippen molar-refractivity contribution in [1.29, 1.82) is 0 Å². The first-order valence-electron chi connectivity index (χ1n) is 5.04. The molecule has 2 N–H and O–H groups in total. The number of rotatable bonds is 3. The minimum Gasteiger partial charge on any atom is -0.508 e. The summed E-state index contributed by atoms with van der Waals surface area (Å²) in [5.41, 5.74) is 0.849. The van der Waals surface area contributed by atoms with E-state index in [1.165, 1.54) is 6.07 Å². The van der Waals surface area contributed by atoms with Gasteiger partial charge in [-0.25, -0.2) is 0 Å². The summed E-state index contributed by atoms with van der Waals surface area (Å²) in [5, 5.41) is 12.1. The molecule has 1 rings (SSSR count). The molecule has 0 unspecified atom stereocenters. The summed E-state index contributed by atoms with van der Waals surface area (Å²) in [5.74, 6) is 0.323. The Morgan fingerprint density at radius 2 is 2.12 bits per heavy atom. The predicted octanol–water partition coefficient (Wildman–Crippen LogP) is 2.45. The van der Waals surface area contributed by atoms with Crippen molar-refractivity contribution >= 4 is 17.5 Å². The van der Waals surface area contributed by atoms with Gasteiger partial charge in [0.05, 0.1) is 0 Å². The SMILES string of the molecule is Cc1cc(O)ccc1C(=O)NC(C)(C)CCl. The molecule has 0 atom stereocenters. The third kappa shape index (κ3) is 3.14. The lowest BCUT2D eigenvalue weighted by Gasteiger charge is -2.23. The molecule has 0 aliphatic carbocycles. The molecular weight excluding hydrogens is 226 g/mol. The number of phenols is 1. The van der Waals surface area contributed by atoms with Gasteiger partial charge >= 0.3 is 0 Å². The number of halogens is 1. The Kier molecular flexibility index (Phi) is 3.81. The van der Waals surface area contributed by atoms with Gasteiger partial charge < -0.3 is 10.4 Å². The average molecular weight is 242 g/mol. The van der Waals surface area contributed by atoms with Crippen LogP contribution in [-0.2, 0) is 0 Å². The molecule has 0 fully saturated rings. The molecule has 0 saturated carbocycles. The lowest BCUT2D eigenvalue weighted by molar-refractivity contribution is 0.0920. The Balaban J connectivity index is 2.89. The summed E-state index contributed by atoms with van der Waals surface area (Å²) in [7, 11) is 0. The molecule has 0 radical (unpaired) electrons. The summed E-state index contributed by atoms with van der Waals surface area (Å²) in [6, 6.07) is 4.66. The number of benzene rings is 1. The predicted molar refractivity (Wildman–Crippen MR) is 65.1 cm³/mol. The van der Waals surface area contributed by atoms with Crippen molar-refractivity contribution in [3.05, 3.63) is 29.3 Å². The molecule has 0 aliphatic heterocycles. The number of carbonyl (C=O) groups is 1. The van der Waals surface area contributed by atoms with E-state index in [0.717, 1.165) is 5.56 Å². The van der Waals surface area contributed by atoms with Gasteiger partial charge in [-0.3, -0.25) is 4.79 Å². The Morgan fingerprint density at radius 1 is 1.50 bits per heavy atom. The van der Waals surface area contributed by atoms with Crippen LogP contribution in [0.2, 0.25) is 0 Å². The van der Waals surface area contributed by atoms with Gasteiger partial charge in [-0.1, -0.05) is 0 Å². The van der Waals surface area contributed by atoms with Crippen molar-refractivity contribution in [1.82, 2.24) is 5.32 Å². The largest absolute Gasteiger partial charge is 0.508 e. The zero-order valence-electron chi connectivity index (χ0n) is 9.67. The summed E-state index contributed by atoms with van der Waals surface area (Å²) in [4.78, 5) is 11.9. The third-order valence-corrected chi connectivity index (χ3v) is 2.91. The van der Waals surface area contributed by atoms with E-state index < -0.39 is 5.54 Å². The van der Waals surface area contributed by atoms with Crippen LogP contribution in [0.4, 0.5) is 0 Å². The molecule has 1 aromatic carbocycles. The van der Waals surface area contributed by atoms with E-state index in [2.05, 4.69) is 5.32 Å². The number of hydrogen-bond donors (Lipinski definition) is 2. The molecule has 3 nitrogen and oxygen atoms in total. The molecule has 4 heteroatoms. The first-order valence-corrected chi connectivity index (χ1v) is 5.57. The fourth-order valence-electron chi connectivity index (χ4n) is 1.31. The molecular formula is C12H16ClNO2. The topological polar surface area (TPSA) is 49.3 Å². The highest BCUT2D eigenvalue weighted by molar-refractivity contribution is 6.18. The van der Waals surface area contributed by atoms with E-state index in [4.69, 9.17) is 11.6 Å². The van der Waals surface area contributed by atoms with E-state index in [-0.39, 0.29) is 11.7 Å². The van der Waals surface area contributed by atoms with Crippen LogP contribution in [-0.4, -0.2) is 22.4 Å². The average Bonchev–Trinajstić information content (AvgIpc) is 2.16. The maximum atomic E-state index is 11.9. The molecule has 0 aliphatic rings. The van der Waals surface area contributed by atoms with Crippen LogP contribution >= 0.6 is 11.6 Å². The van der Waals surface area contributed by atoms with Crippen LogP contribution in [0, 0.1) is 6.92 Å². The quantitative estimate of drug-likeness (QED) is 0.799. The van der Waals surface area contributed by atoms with Crippen LogP contribution in [0.25, 0.3) is 0 Å². The number of phenolic OH excluding ortho intramolecular Hbond substituents is 1. The van der Waals surface area contributed by atoms with E-state index >= 15 is 0 Å². The lowest BCUT2D eigenvalue weighted by Crippen LogP contribution is -2.45. The second-order valence-electron chi connectivity index (χ2n) is 4.47. The van der Waals surface area contributed by atoms with E-state index in [1.54, 1.807) is 19.1 Å². The van der Waals surface area contributed by atoms with Crippen molar-refractivity contribution in [2.45, 2.75) is 26.3 Å². The fourth-order valence-corrected chi connectivity index (χ4v) is 1.38. The van der Waals surface area contributed by atoms with Crippen LogP contribution in [0.15, 0.2) is 18.2 Å². The molecule has 0 heterocycles. The Labute approximate surface area is 100 Å². The zero-order valence-corrected chi connectivity index (χ0v) is 10.4. The first kappa shape index (κ1) is 12.8. The molecule has 88 valence electrons. The van der Waals surface area contributed by atoms with Crippen molar-refractivity contribution in [2.24, 2.45) is 0 Å². The Bertz CT molecular complexity index is 402. The number of carbonyl (C=O) groups excluding carboxylic acids is 1. The van der Waals surface area contributed by atoms with Gasteiger partial charge in [0.25, 0.3) is 5.91 Å². The maximum Gasteiger partial charge on any atom is 0.252 e. The molecule has 0 bridgehead atoms. The third-order valence-electron chi connectivity index (χ3n) is 2.24. The summed E-state index contributed by atoms with van der Waals surface area (Å²) in [6.45, 7) is 5.49. The summed E-state index contributed by atoms with van der Waals surface area (Å²) in [6.07, 6.45) is 0. The van der Waals surface area contributed by atoms with Gasteiger partial charge in [0, 0.05) is 17.0 Å². The van der Waals surface area contributed by atoms with E-state index in [9.17, 15) is 9.90 Å². The number of nitrogens with one attached hydrogen (secondary N) is 1. The van der Waals surface area contributed by atoms with Crippen molar-refractivity contribution in [2.75, 3.05) is 5.88 Å². The van der Waals surface area contributed by atoms with Gasteiger partial charge in [-0.05, 0) is 44.5 Å². The molecule has 0 spiro atoms. The highest BCUT2D eigenvalue weighted by Gasteiger charge is 2.20. The normalized spacial score (nSPS) is 11.2. The van der Waals surface area contributed by atoms with Crippen LogP contribution < -0.4 is 5.32 Å². The first-order chi connectivity index (χ1) is 7.35. The number of aryl methyl sites for hydroxylation is 1. The standard InChI is InChI=1S/C12H16ClNO2/c1-8-6-9(15)4-5-10(8)11(16)14-12(2,3)7-13/h4-6,15H,7H2,1-3H3,(H,14,16). The minimum atomic E-state index is -0.442. The van der Waals surface area contributed by atoms with E-state index in [1.807, 2.05) is 13.8 Å². The van der Waals surface area contributed by atoms with Gasteiger partial charge in [0.2, 0.25) is 0 Å². The molecule has 0 aromatic heterocycles. The molecule has 0 saturated heterocycles.